The van der Waals surface area contributed by atoms with Gasteiger partial charge in [0.15, 0.2) is 0 Å². The van der Waals surface area contributed by atoms with E-state index in [0.717, 1.165) is 79.9 Å². The molecule has 0 saturated carbocycles. The number of aldehydes is 1. The topological polar surface area (TPSA) is 72.9 Å². The van der Waals surface area contributed by atoms with Gasteiger partial charge < -0.3 is 20.2 Å². The SMILES string of the molecule is O=Cc1ccc(N2CCN(c3cc(O)c4c(c3)C(C(=O)Nc3ccccc3)CCC4)CC2)cc1. The molecule has 0 aromatic heterocycles. The predicted octanol–water partition coefficient (Wildman–Crippen LogP) is 4.59. The number of nitrogens with zero attached hydrogens (tertiary/aromatic N) is 2. The average molecular weight is 456 g/mol. The predicted molar refractivity (Wildman–Crippen MR) is 135 cm³/mol. The second-order valence-corrected chi connectivity index (χ2v) is 9.02. The fourth-order valence-electron chi connectivity index (χ4n) is 5.08. The summed E-state index contributed by atoms with van der Waals surface area (Å²) in [5.74, 6) is -0.00341. The number of hydrogen-bond acceptors (Lipinski definition) is 5. The first-order chi connectivity index (χ1) is 16.6. The van der Waals surface area contributed by atoms with Crippen molar-refractivity contribution in [2.24, 2.45) is 0 Å². The molecule has 0 spiro atoms. The van der Waals surface area contributed by atoms with E-state index in [1.54, 1.807) is 0 Å². The van der Waals surface area contributed by atoms with E-state index in [9.17, 15) is 14.7 Å². The molecule has 174 valence electrons. The van der Waals surface area contributed by atoms with Gasteiger partial charge in [-0.3, -0.25) is 9.59 Å². The summed E-state index contributed by atoms with van der Waals surface area (Å²) in [4.78, 5) is 28.6. The van der Waals surface area contributed by atoms with Gasteiger partial charge in [0, 0.05) is 54.9 Å². The van der Waals surface area contributed by atoms with Crippen LogP contribution in [0.5, 0.6) is 5.75 Å². The van der Waals surface area contributed by atoms with Gasteiger partial charge in [0.1, 0.15) is 12.0 Å². The molecule has 1 atom stereocenters. The molecule has 3 aromatic rings. The van der Waals surface area contributed by atoms with Crippen molar-refractivity contribution in [2.75, 3.05) is 41.3 Å². The minimum atomic E-state index is -0.271. The van der Waals surface area contributed by atoms with Crippen LogP contribution in [0.4, 0.5) is 17.1 Å². The fourth-order valence-corrected chi connectivity index (χ4v) is 5.08. The van der Waals surface area contributed by atoms with Crippen LogP contribution in [-0.2, 0) is 11.2 Å². The van der Waals surface area contributed by atoms with E-state index >= 15 is 0 Å². The summed E-state index contributed by atoms with van der Waals surface area (Å²) in [6, 6.07) is 21.1. The van der Waals surface area contributed by atoms with Crippen LogP contribution in [-0.4, -0.2) is 43.5 Å². The maximum Gasteiger partial charge on any atom is 0.231 e. The molecule has 5 rings (SSSR count). The minimum Gasteiger partial charge on any atom is -0.508 e. The van der Waals surface area contributed by atoms with Crippen molar-refractivity contribution in [2.45, 2.75) is 25.2 Å². The van der Waals surface area contributed by atoms with Gasteiger partial charge >= 0.3 is 0 Å². The molecule has 2 N–H and O–H groups in total. The molecule has 1 amide bonds. The smallest absolute Gasteiger partial charge is 0.231 e. The van der Waals surface area contributed by atoms with E-state index in [1.807, 2.05) is 60.7 Å². The van der Waals surface area contributed by atoms with E-state index < -0.39 is 0 Å². The summed E-state index contributed by atoms with van der Waals surface area (Å²) in [5, 5.41) is 13.9. The Kier molecular flexibility index (Phi) is 6.21. The number of hydrogen-bond donors (Lipinski definition) is 2. The highest BCUT2D eigenvalue weighted by Gasteiger charge is 2.30. The number of nitrogens with one attached hydrogen (secondary N) is 1. The standard InChI is InChI=1S/C28H29N3O3/c32-19-20-9-11-22(12-10-20)30-13-15-31(16-14-30)23-17-26-24(27(33)18-23)7-4-8-25(26)28(34)29-21-5-2-1-3-6-21/h1-3,5-6,9-12,17-19,25,33H,4,7-8,13-16H2,(H,29,34). The maximum atomic E-state index is 13.1. The second kappa shape index (κ2) is 9.59. The number of amides is 1. The van der Waals surface area contributed by atoms with Crippen molar-refractivity contribution in [1.82, 2.24) is 0 Å². The van der Waals surface area contributed by atoms with Gasteiger partial charge in [-0.1, -0.05) is 18.2 Å². The first kappa shape index (κ1) is 22.0. The largest absolute Gasteiger partial charge is 0.508 e. The van der Waals surface area contributed by atoms with Crippen LogP contribution in [0.1, 0.15) is 40.2 Å². The van der Waals surface area contributed by atoms with Crippen LogP contribution >= 0.6 is 0 Å². The highest BCUT2D eigenvalue weighted by atomic mass is 16.3. The molecule has 34 heavy (non-hydrogen) atoms. The summed E-state index contributed by atoms with van der Waals surface area (Å²) in [5.41, 5.74) is 5.39. The van der Waals surface area contributed by atoms with Crippen molar-refractivity contribution < 1.29 is 14.7 Å². The number of carbonyl (C=O) groups is 2. The van der Waals surface area contributed by atoms with Crippen molar-refractivity contribution in [3.8, 4) is 5.75 Å². The highest BCUT2D eigenvalue weighted by Crippen LogP contribution is 2.40. The first-order valence-electron chi connectivity index (χ1n) is 11.9. The highest BCUT2D eigenvalue weighted by molar-refractivity contribution is 5.96. The number of anilines is 3. The molecule has 3 aromatic carbocycles. The normalized spacial score (nSPS) is 17.7. The Morgan fingerprint density at radius 1 is 0.912 bits per heavy atom. The molecular formula is C28H29N3O3. The van der Waals surface area contributed by atoms with E-state index in [0.29, 0.717) is 5.56 Å². The van der Waals surface area contributed by atoms with Gasteiger partial charge in [-0.05, 0) is 72.9 Å². The van der Waals surface area contributed by atoms with Crippen LogP contribution in [0, 0.1) is 0 Å². The van der Waals surface area contributed by atoms with E-state index in [4.69, 9.17) is 0 Å². The van der Waals surface area contributed by atoms with Crippen LogP contribution in [0.3, 0.4) is 0 Å². The molecular weight excluding hydrogens is 426 g/mol. The first-order valence-corrected chi connectivity index (χ1v) is 11.9. The molecule has 1 aliphatic heterocycles. The van der Waals surface area contributed by atoms with Gasteiger partial charge in [0.2, 0.25) is 5.91 Å². The molecule has 1 aliphatic carbocycles. The van der Waals surface area contributed by atoms with Gasteiger partial charge in [0.05, 0.1) is 5.92 Å². The van der Waals surface area contributed by atoms with Crippen molar-refractivity contribution in [1.29, 1.82) is 0 Å². The lowest BCUT2D eigenvalue weighted by atomic mass is 9.81. The fraction of sp³-hybridized carbons (Fsp3) is 0.286. The Morgan fingerprint density at radius 2 is 1.59 bits per heavy atom. The summed E-state index contributed by atoms with van der Waals surface area (Å²) >= 11 is 0. The number of benzene rings is 3. The van der Waals surface area contributed by atoms with Crippen molar-refractivity contribution in [3.63, 3.8) is 0 Å². The number of phenolic OH excluding ortho intramolecular Hbond substituents is 1. The number of carbonyl (C=O) groups excluding carboxylic acids is 2. The van der Waals surface area contributed by atoms with Crippen LogP contribution < -0.4 is 15.1 Å². The third-order valence-electron chi connectivity index (χ3n) is 6.94. The molecule has 1 unspecified atom stereocenters. The van der Waals surface area contributed by atoms with Crippen molar-refractivity contribution >= 4 is 29.3 Å². The molecule has 0 radical (unpaired) electrons. The lowest BCUT2D eigenvalue weighted by Gasteiger charge is -2.38. The quantitative estimate of drug-likeness (QED) is 0.551. The molecule has 6 nitrogen and oxygen atoms in total. The monoisotopic (exact) mass is 455 g/mol. The van der Waals surface area contributed by atoms with Crippen LogP contribution in [0.25, 0.3) is 0 Å². The number of fused-ring (bicyclic) bond motifs is 1. The molecule has 6 heteroatoms. The van der Waals surface area contributed by atoms with E-state index in [2.05, 4.69) is 21.2 Å². The summed E-state index contributed by atoms with van der Waals surface area (Å²) in [7, 11) is 0. The molecule has 1 fully saturated rings. The van der Waals surface area contributed by atoms with E-state index in [1.165, 1.54) is 0 Å². The number of phenols is 1. The van der Waals surface area contributed by atoms with Gasteiger partial charge in [-0.25, -0.2) is 0 Å². The van der Waals surface area contributed by atoms with Gasteiger partial charge in [0.25, 0.3) is 0 Å². The molecule has 2 aliphatic rings. The van der Waals surface area contributed by atoms with Gasteiger partial charge in [-0.2, -0.15) is 0 Å². The molecule has 1 saturated heterocycles. The maximum absolute atomic E-state index is 13.1. The third-order valence-corrected chi connectivity index (χ3v) is 6.94. The van der Waals surface area contributed by atoms with Crippen LogP contribution in [0.2, 0.25) is 0 Å². The summed E-state index contributed by atoms with van der Waals surface area (Å²) in [6.45, 7) is 3.31. The van der Waals surface area contributed by atoms with Crippen LogP contribution in [0.15, 0.2) is 66.7 Å². The zero-order valence-electron chi connectivity index (χ0n) is 19.1. The molecule has 1 heterocycles. The minimum absolute atomic E-state index is 0.0210. The number of piperazine rings is 1. The Hall–Kier alpha value is -3.80. The Morgan fingerprint density at radius 3 is 2.26 bits per heavy atom. The summed E-state index contributed by atoms with van der Waals surface area (Å²) in [6.07, 6.45) is 3.31. The zero-order chi connectivity index (χ0) is 23.5. The lowest BCUT2D eigenvalue weighted by molar-refractivity contribution is -0.117. The van der Waals surface area contributed by atoms with Gasteiger partial charge in [-0.15, -0.1) is 0 Å². The Balaban J connectivity index is 1.33. The average Bonchev–Trinajstić information content (AvgIpc) is 2.89. The van der Waals surface area contributed by atoms with Crippen molar-refractivity contribution in [3.05, 3.63) is 83.4 Å². The number of aromatic hydroxyl groups is 1. The zero-order valence-corrected chi connectivity index (χ0v) is 19.1. The second-order valence-electron chi connectivity index (χ2n) is 9.02. The molecule has 0 bridgehead atoms. The number of para-hydroxylation sites is 1. The Labute approximate surface area is 199 Å². The number of rotatable bonds is 5. The summed E-state index contributed by atoms with van der Waals surface area (Å²) < 4.78 is 0. The Bertz CT molecular complexity index is 1170. The lowest BCUT2D eigenvalue weighted by Crippen LogP contribution is -2.46. The van der Waals surface area contributed by atoms with E-state index in [-0.39, 0.29) is 17.6 Å². The third kappa shape index (κ3) is 4.49.